The summed E-state index contributed by atoms with van der Waals surface area (Å²) in [7, 11) is 0. The number of fused-ring (bicyclic) bond motifs is 3. The summed E-state index contributed by atoms with van der Waals surface area (Å²) in [4.78, 5) is 16.9. The van der Waals surface area contributed by atoms with E-state index < -0.39 is 5.60 Å². The number of hydrogen-bond donors (Lipinski definition) is 0. The summed E-state index contributed by atoms with van der Waals surface area (Å²) in [5, 5.41) is 0. The van der Waals surface area contributed by atoms with Crippen LogP contribution in [0.25, 0.3) is 0 Å². The van der Waals surface area contributed by atoms with Crippen molar-refractivity contribution < 1.29 is 14.3 Å². The highest BCUT2D eigenvalue weighted by Crippen LogP contribution is 2.51. The molecule has 0 radical (unpaired) electrons. The third-order valence-corrected chi connectivity index (χ3v) is 5.64. The maximum atomic E-state index is 12.5. The van der Waals surface area contributed by atoms with Gasteiger partial charge in [0.25, 0.3) is 0 Å². The standard InChI is InChI=1S/C19H25BrN2O3/c1-19(2,3)25-18(23)21-7-5-15-14(11-21)13-9-12(20)10-16-17(13)22(15)6-4-8-24-16/h9-10,14-15H,4-8,11H2,1-3H3. The molecule has 0 saturated carbocycles. The first-order chi connectivity index (χ1) is 11.8. The molecule has 4 rings (SSSR count). The molecule has 1 aromatic rings. The van der Waals surface area contributed by atoms with Gasteiger partial charge in [-0.05, 0) is 51.3 Å². The molecule has 1 saturated heterocycles. The Hall–Kier alpha value is -1.43. The van der Waals surface area contributed by atoms with E-state index in [-0.39, 0.29) is 6.09 Å². The SMILES string of the molecule is CC(C)(C)OC(=O)N1CCC2C(C1)c1cc(Br)cc3c1N2CCCO3. The first-order valence-electron chi connectivity index (χ1n) is 9.04. The molecule has 1 amide bonds. The maximum Gasteiger partial charge on any atom is 0.410 e. The second-order valence-corrected chi connectivity index (χ2v) is 9.04. The molecule has 1 aromatic carbocycles. The lowest BCUT2D eigenvalue weighted by Gasteiger charge is -2.39. The van der Waals surface area contributed by atoms with Gasteiger partial charge >= 0.3 is 6.09 Å². The van der Waals surface area contributed by atoms with Gasteiger partial charge in [0.2, 0.25) is 0 Å². The minimum Gasteiger partial charge on any atom is -0.491 e. The number of likely N-dealkylation sites (tertiary alicyclic amines) is 1. The second-order valence-electron chi connectivity index (χ2n) is 8.13. The Morgan fingerprint density at radius 1 is 1.32 bits per heavy atom. The number of amides is 1. The van der Waals surface area contributed by atoms with E-state index in [0.717, 1.165) is 42.8 Å². The van der Waals surface area contributed by atoms with E-state index in [9.17, 15) is 4.79 Å². The van der Waals surface area contributed by atoms with Gasteiger partial charge in [0.1, 0.15) is 11.4 Å². The van der Waals surface area contributed by atoms with Crippen LogP contribution in [0, 0.1) is 0 Å². The number of benzene rings is 1. The van der Waals surface area contributed by atoms with Crippen molar-refractivity contribution in [1.82, 2.24) is 4.90 Å². The van der Waals surface area contributed by atoms with Gasteiger partial charge < -0.3 is 19.3 Å². The molecule has 6 heteroatoms. The van der Waals surface area contributed by atoms with Gasteiger partial charge in [-0.15, -0.1) is 0 Å². The number of anilines is 1. The minimum atomic E-state index is -0.460. The fourth-order valence-corrected chi connectivity index (χ4v) is 4.72. The van der Waals surface area contributed by atoms with Crippen molar-refractivity contribution >= 4 is 27.7 Å². The van der Waals surface area contributed by atoms with Crippen LogP contribution in [-0.4, -0.2) is 48.9 Å². The number of halogens is 1. The van der Waals surface area contributed by atoms with Gasteiger partial charge in [-0.2, -0.15) is 0 Å². The van der Waals surface area contributed by atoms with Gasteiger partial charge in [-0.3, -0.25) is 0 Å². The molecular formula is C19H25BrN2O3. The van der Waals surface area contributed by atoms with Crippen molar-refractivity contribution in [3.63, 3.8) is 0 Å². The topological polar surface area (TPSA) is 42.0 Å². The van der Waals surface area contributed by atoms with Crippen LogP contribution in [-0.2, 0) is 4.74 Å². The maximum absolute atomic E-state index is 12.5. The number of rotatable bonds is 0. The number of nitrogens with zero attached hydrogens (tertiary/aromatic N) is 2. The van der Waals surface area contributed by atoms with E-state index in [1.54, 1.807) is 0 Å². The number of hydrogen-bond acceptors (Lipinski definition) is 4. The van der Waals surface area contributed by atoms with Gasteiger partial charge in [-0.25, -0.2) is 4.79 Å². The Morgan fingerprint density at radius 3 is 2.88 bits per heavy atom. The molecule has 1 fully saturated rings. The number of carbonyl (C=O) groups excluding carboxylic acids is 1. The monoisotopic (exact) mass is 408 g/mol. The van der Waals surface area contributed by atoms with Gasteiger partial charge in [-0.1, -0.05) is 15.9 Å². The van der Waals surface area contributed by atoms with Crippen molar-refractivity contribution in [3.8, 4) is 5.75 Å². The second kappa shape index (κ2) is 6.08. The third-order valence-electron chi connectivity index (χ3n) is 5.19. The van der Waals surface area contributed by atoms with Crippen molar-refractivity contribution in [1.29, 1.82) is 0 Å². The summed E-state index contributed by atoms with van der Waals surface area (Å²) in [5.41, 5.74) is 2.07. The summed E-state index contributed by atoms with van der Waals surface area (Å²) >= 11 is 3.62. The van der Waals surface area contributed by atoms with E-state index in [1.165, 1.54) is 11.3 Å². The fourth-order valence-electron chi connectivity index (χ4n) is 4.27. The molecule has 25 heavy (non-hydrogen) atoms. The molecule has 0 N–H and O–H groups in total. The van der Waals surface area contributed by atoms with E-state index >= 15 is 0 Å². The summed E-state index contributed by atoms with van der Waals surface area (Å²) in [6.07, 6.45) is 1.80. The highest BCUT2D eigenvalue weighted by Gasteiger charge is 2.45. The van der Waals surface area contributed by atoms with Crippen molar-refractivity contribution in [3.05, 3.63) is 22.2 Å². The molecule has 0 aromatic heterocycles. The molecule has 0 aliphatic carbocycles. The van der Waals surface area contributed by atoms with Crippen LogP contribution in [0.5, 0.6) is 5.75 Å². The number of ether oxygens (including phenoxy) is 2. The Balaban J connectivity index is 1.64. The lowest BCUT2D eigenvalue weighted by Crippen LogP contribution is -2.49. The number of carbonyl (C=O) groups is 1. The Morgan fingerprint density at radius 2 is 2.12 bits per heavy atom. The molecule has 3 aliphatic heterocycles. The van der Waals surface area contributed by atoms with Crippen LogP contribution in [0.1, 0.15) is 45.1 Å². The van der Waals surface area contributed by atoms with Crippen LogP contribution in [0.4, 0.5) is 10.5 Å². The van der Waals surface area contributed by atoms with E-state index in [1.807, 2.05) is 25.7 Å². The van der Waals surface area contributed by atoms with E-state index in [2.05, 4.69) is 33.0 Å². The van der Waals surface area contributed by atoms with Crippen molar-refractivity contribution in [2.75, 3.05) is 31.1 Å². The highest BCUT2D eigenvalue weighted by molar-refractivity contribution is 9.10. The Kier molecular flexibility index (Phi) is 4.13. The predicted octanol–water partition coefficient (Wildman–Crippen LogP) is 4.14. The quantitative estimate of drug-likeness (QED) is 0.646. The highest BCUT2D eigenvalue weighted by atomic mass is 79.9. The molecule has 3 aliphatic rings. The van der Waals surface area contributed by atoms with Gasteiger partial charge in [0, 0.05) is 36.1 Å². The molecule has 5 nitrogen and oxygen atoms in total. The van der Waals surface area contributed by atoms with Crippen LogP contribution in [0.3, 0.4) is 0 Å². The summed E-state index contributed by atoms with van der Waals surface area (Å²) in [5.74, 6) is 1.29. The van der Waals surface area contributed by atoms with Crippen LogP contribution in [0.2, 0.25) is 0 Å². The predicted molar refractivity (Wildman–Crippen MR) is 101 cm³/mol. The largest absolute Gasteiger partial charge is 0.491 e. The molecule has 0 spiro atoms. The zero-order valence-corrected chi connectivity index (χ0v) is 16.6. The Bertz CT molecular complexity index is 701. The zero-order valence-electron chi connectivity index (χ0n) is 15.0. The minimum absolute atomic E-state index is 0.204. The van der Waals surface area contributed by atoms with Crippen LogP contribution >= 0.6 is 15.9 Å². The first kappa shape index (κ1) is 17.0. The van der Waals surface area contributed by atoms with Crippen LogP contribution in [0.15, 0.2) is 16.6 Å². The normalized spacial score (nSPS) is 25.0. The lowest BCUT2D eigenvalue weighted by molar-refractivity contribution is 0.0189. The molecule has 136 valence electrons. The molecule has 2 unspecified atom stereocenters. The Labute approximate surface area is 157 Å². The van der Waals surface area contributed by atoms with Gasteiger partial charge in [0.15, 0.2) is 0 Å². The molecule has 3 heterocycles. The molecule has 2 atom stereocenters. The van der Waals surface area contributed by atoms with Crippen molar-refractivity contribution in [2.24, 2.45) is 0 Å². The van der Waals surface area contributed by atoms with Gasteiger partial charge in [0.05, 0.1) is 12.3 Å². The third kappa shape index (κ3) is 3.09. The smallest absolute Gasteiger partial charge is 0.410 e. The average Bonchev–Trinajstić information content (AvgIpc) is 2.68. The lowest BCUT2D eigenvalue weighted by atomic mass is 9.89. The average molecular weight is 409 g/mol. The summed E-state index contributed by atoms with van der Waals surface area (Å²) in [6, 6.07) is 4.72. The van der Waals surface area contributed by atoms with Crippen LogP contribution < -0.4 is 9.64 Å². The molecule has 0 bridgehead atoms. The van der Waals surface area contributed by atoms with E-state index in [4.69, 9.17) is 9.47 Å². The first-order valence-corrected chi connectivity index (χ1v) is 9.83. The zero-order chi connectivity index (χ0) is 17.8. The molecular weight excluding hydrogens is 384 g/mol. The summed E-state index contributed by atoms with van der Waals surface area (Å²) < 4.78 is 12.6. The van der Waals surface area contributed by atoms with E-state index in [0.29, 0.717) is 18.5 Å². The van der Waals surface area contributed by atoms with Crippen molar-refractivity contribution in [2.45, 2.75) is 51.2 Å². The summed E-state index contributed by atoms with van der Waals surface area (Å²) in [6.45, 7) is 8.98. The fraction of sp³-hybridized carbons (Fsp3) is 0.632. The number of piperidine rings is 1.